The Morgan fingerprint density at radius 3 is 2.27 bits per heavy atom. The monoisotopic (exact) mass is 440 g/mol. The lowest BCUT2D eigenvalue weighted by Gasteiger charge is -2.31. The van der Waals surface area contributed by atoms with Crippen LogP contribution < -0.4 is 4.74 Å². The second kappa shape index (κ2) is 9.95. The Kier molecular flexibility index (Phi) is 6.83. The number of carbonyl (C=O) groups excluding carboxylic acids is 1. The molecule has 0 aliphatic carbocycles. The second-order valence-electron chi connectivity index (χ2n) is 8.79. The van der Waals surface area contributed by atoms with Crippen molar-refractivity contribution in [2.24, 2.45) is 0 Å². The maximum atomic E-state index is 13.4. The van der Waals surface area contributed by atoms with Gasteiger partial charge in [-0.15, -0.1) is 0 Å². The number of H-pyrrole nitrogens is 1. The van der Waals surface area contributed by atoms with Gasteiger partial charge in [0.1, 0.15) is 5.75 Å². The van der Waals surface area contributed by atoms with E-state index in [0.29, 0.717) is 18.2 Å². The van der Waals surface area contributed by atoms with Crippen LogP contribution in [0.2, 0.25) is 0 Å². The third-order valence-electron chi connectivity index (χ3n) is 6.19. The number of aromatic nitrogens is 1. The number of carbonyl (C=O) groups is 1. The first-order valence-corrected chi connectivity index (χ1v) is 11.6. The van der Waals surface area contributed by atoms with Gasteiger partial charge < -0.3 is 14.6 Å². The SMILES string of the molecule is CCN(C(=O)COc1ccc(C(C)C)cc1)[C@@H](c1ccc(C)cc1)c1c[nH]c2ccccc12. The van der Waals surface area contributed by atoms with Crippen molar-refractivity contribution < 1.29 is 9.53 Å². The fourth-order valence-electron chi connectivity index (χ4n) is 4.28. The fourth-order valence-corrected chi connectivity index (χ4v) is 4.28. The highest BCUT2D eigenvalue weighted by Gasteiger charge is 2.28. The molecule has 1 atom stereocenters. The van der Waals surface area contributed by atoms with Crippen molar-refractivity contribution in [1.29, 1.82) is 0 Å². The minimum atomic E-state index is -0.203. The molecule has 0 fully saturated rings. The Morgan fingerprint density at radius 2 is 1.61 bits per heavy atom. The highest BCUT2D eigenvalue weighted by Crippen LogP contribution is 2.34. The van der Waals surface area contributed by atoms with Crippen LogP contribution in [0.25, 0.3) is 10.9 Å². The molecule has 0 saturated carbocycles. The molecule has 1 amide bonds. The van der Waals surface area contributed by atoms with Gasteiger partial charge in [0, 0.05) is 29.2 Å². The molecule has 1 N–H and O–H groups in total. The first-order chi connectivity index (χ1) is 16.0. The van der Waals surface area contributed by atoms with Crippen molar-refractivity contribution in [3.8, 4) is 5.75 Å². The third-order valence-corrected chi connectivity index (χ3v) is 6.19. The number of likely N-dealkylation sites (N-methyl/N-ethyl adjacent to an activating group) is 1. The Hall–Kier alpha value is -3.53. The lowest BCUT2D eigenvalue weighted by molar-refractivity contribution is -0.134. The summed E-state index contributed by atoms with van der Waals surface area (Å²) < 4.78 is 5.90. The molecule has 0 bridgehead atoms. The van der Waals surface area contributed by atoms with Gasteiger partial charge in [0.2, 0.25) is 0 Å². The van der Waals surface area contributed by atoms with E-state index < -0.39 is 0 Å². The number of hydrogen-bond donors (Lipinski definition) is 1. The number of amides is 1. The number of rotatable bonds is 8. The molecule has 33 heavy (non-hydrogen) atoms. The van der Waals surface area contributed by atoms with E-state index in [9.17, 15) is 4.79 Å². The van der Waals surface area contributed by atoms with E-state index in [1.807, 2.05) is 42.3 Å². The minimum Gasteiger partial charge on any atom is -0.484 e. The molecular formula is C29H32N2O2. The highest BCUT2D eigenvalue weighted by molar-refractivity contribution is 5.86. The van der Waals surface area contributed by atoms with Crippen LogP contribution in [0.1, 0.15) is 55.0 Å². The summed E-state index contributed by atoms with van der Waals surface area (Å²) in [6, 6.07) is 24.4. The Balaban J connectivity index is 1.63. The maximum absolute atomic E-state index is 13.4. The van der Waals surface area contributed by atoms with E-state index in [1.54, 1.807) is 0 Å². The van der Waals surface area contributed by atoms with E-state index in [1.165, 1.54) is 11.1 Å². The van der Waals surface area contributed by atoms with E-state index in [4.69, 9.17) is 4.74 Å². The number of aryl methyl sites for hydroxylation is 1. The molecule has 4 rings (SSSR count). The average molecular weight is 441 g/mol. The van der Waals surface area contributed by atoms with E-state index in [2.05, 4.69) is 74.3 Å². The zero-order valence-corrected chi connectivity index (χ0v) is 19.8. The van der Waals surface area contributed by atoms with Crippen molar-refractivity contribution in [2.75, 3.05) is 13.2 Å². The second-order valence-corrected chi connectivity index (χ2v) is 8.79. The van der Waals surface area contributed by atoms with Crippen molar-refractivity contribution in [3.05, 3.63) is 101 Å². The molecule has 0 spiro atoms. The molecule has 4 nitrogen and oxygen atoms in total. The van der Waals surface area contributed by atoms with Crippen LogP contribution in [-0.2, 0) is 4.79 Å². The molecule has 0 unspecified atom stereocenters. The smallest absolute Gasteiger partial charge is 0.261 e. The van der Waals surface area contributed by atoms with Crippen LogP contribution in [0.4, 0.5) is 0 Å². The van der Waals surface area contributed by atoms with Crippen LogP contribution >= 0.6 is 0 Å². The van der Waals surface area contributed by atoms with Crippen LogP contribution in [0, 0.1) is 6.92 Å². The Labute approximate surface area is 196 Å². The number of fused-ring (bicyclic) bond motifs is 1. The molecule has 4 heteroatoms. The summed E-state index contributed by atoms with van der Waals surface area (Å²) in [4.78, 5) is 18.7. The van der Waals surface area contributed by atoms with Gasteiger partial charge in [0.25, 0.3) is 5.91 Å². The number of nitrogens with zero attached hydrogens (tertiary/aromatic N) is 1. The van der Waals surface area contributed by atoms with E-state index in [0.717, 1.165) is 22.0 Å². The predicted molar refractivity (Wildman–Crippen MR) is 135 cm³/mol. The van der Waals surface area contributed by atoms with Gasteiger partial charge in [0.05, 0.1) is 6.04 Å². The Morgan fingerprint density at radius 1 is 0.939 bits per heavy atom. The molecule has 3 aromatic carbocycles. The average Bonchev–Trinajstić information content (AvgIpc) is 3.25. The summed E-state index contributed by atoms with van der Waals surface area (Å²) in [5.41, 5.74) is 5.68. The van der Waals surface area contributed by atoms with E-state index >= 15 is 0 Å². The van der Waals surface area contributed by atoms with Gasteiger partial charge in [-0.25, -0.2) is 0 Å². The van der Waals surface area contributed by atoms with E-state index in [-0.39, 0.29) is 18.6 Å². The zero-order chi connectivity index (χ0) is 23.4. The van der Waals surface area contributed by atoms with Gasteiger partial charge in [0.15, 0.2) is 6.61 Å². The number of benzene rings is 3. The van der Waals surface area contributed by atoms with Crippen LogP contribution in [-0.4, -0.2) is 28.9 Å². The zero-order valence-electron chi connectivity index (χ0n) is 19.8. The highest BCUT2D eigenvalue weighted by atomic mass is 16.5. The third kappa shape index (κ3) is 4.95. The lowest BCUT2D eigenvalue weighted by Crippen LogP contribution is -2.38. The Bertz CT molecular complexity index is 1210. The quantitative estimate of drug-likeness (QED) is 0.335. The summed E-state index contributed by atoms with van der Waals surface area (Å²) in [5.74, 6) is 1.13. The van der Waals surface area contributed by atoms with Gasteiger partial charge in [-0.1, -0.05) is 74.0 Å². The minimum absolute atomic E-state index is 0.000415. The van der Waals surface area contributed by atoms with Crippen molar-refractivity contribution in [1.82, 2.24) is 9.88 Å². The van der Waals surface area contributed by atoms with Crippen molar-refractivity contribution in [2.45, 2.75) is 39.7 Å². The molecule has 1 heterocycles. The summed E-state index contributed by atoms with van der Waals surface area (Å²) in [7, 11) is 0. The van der Waals surface area contributed by atoms with Gasteiger partial charge in [-0.3, -0.25) is 4.79 Å². The largest absolute Gasteiger partial charge is 0.484 e. The van der Waals surface area contributed by atoms with Crippen LogP contribution in [0.3, 0.4) is 0 Å². The van der Waals surface area contributed by atoms with Crippen LogP contribution in [0.5, 0.6) is 5.75 Å². The molecule has 170 valence electrons. The predicted octanol–water partition coefficient (Wildman–Crippen LogP) is 6.62. The molecule has 0 aliphatic rings. The molecule has 4 aromatic rings. The normalized spacial score (nSPS) is 12.2. The topological polar surface area (TPSA) is 45.3 Å². The fraction of sp³-hybridized carbons (Fsp3) is 0.276. The first kappa shape index (κ1) is 22.7. The molecular weight excluding hydrogens is 408 g/mol. The van der Waals surface area contributed by atoms with Gasteiger partial charge in [-0.2, -0.15) is 0 Å². The summed E-state index contributed by atoms with van der Waals surface area (Å²) in [6.45, 7) is 8.99. The van der Waals surface area contributed by atoms with Gasteiger partial charge >= 0.3 is 0 Å². The van der Waals surface area contributed by atoms with Gasteiger partial charge in [-0.05, 0) is 49.1 Å². The van der Waals surface area contributed by atoms with Crippen molar-refractivity contribution >= 4 is 16.8 Å². The number of aromatic amines is 1. The maximum Gasteiger partial charge on any atom is 0.261 e. The standard InChI is InChI=1S/C29H32N2O2/c1-5-31(28(32)19-33-24-16-14-22(15-17-24)20(2)3)29(23-12-10-21(4)11-13-23)26-18-30-27-9-7-6-8-25(26)27/h6-18,20,29-30H,5,19H2,1-4H3/t29-/m0/s1. The number of hydrogen-bond acceptors (Lipinski definition) is 2. The number of para-hydroxylation sites is 1. The number of ether oxygens (including phenoxy) is 1. The summed E-state index contributed by atoms with van der Waals surface area (Å²) in [5, 5.41) is 1.12. The first-order valence-electron chi connectivity index (χ1n) is 11.6. The molecule has 0 aliphatic heterocycles. The number of nitrogens with one attached hydrogen (secondary N) is 1. The molecule has 0 saturated heterocycles. The lowest BCUT2D eigenvalue weighted by atomic mass is 9.95. The van der Waals surface area contributed by atoms with Crippen LogP contribution in [0.15, 0.2) is 79.0 Å². The summed E-state index contributed by atoms with van der Waals surface area (Å²) >= 11 is 0. The molecule has 1 aromatic heterocycles. The summed E-state index contributed by atoms with van der Waals surface area (Å²) in [6.07, 6.45) is 2.02. The van der Waals surface area contributed by atoms with Crippen molar-refractivity contribution in [3.63, 3.8) is 0 Å². The molecule has 0 radical (unpaired) electrons.